The minimum absolute atomic E-state index is 0.0666. The van der Waals surface area contributed by atoms with Crippen molar-refractivity contribution in [2.24, 2.45) is 22.2 Å². The van der Waals surface area contributed by atoms with Crippen molar-refractivity contribution in [3.8, 4) is 0 Å². The van der Waals surface area contributed by atoms with Crippen LogP contribution in [0.15, 0.2) is 47.6 Å². The molecule has 11 heteroatoms. The average Bonchev–Trinajstić information content (AvgIpc) is 3.84. The van der Waals surface area contributed by atoms with Gasteiger partial charge >= 0.3 is 0 Å². The van der Waals surface area contributed by atoms with Crippen molar-refractivity contribution in [1.29, 1.82) is 0 Å². The van der Waals surface area contributed by atoms with E-state index in [1.54, 1.807) is 18.3 Å². The van der Waals surface area contributed by atoms with Gasteiger partial charge in [0.1, 0.15) is 17.9 Å². The highest BCUT2D eigenvalue weighted by Gasteiger charge is 2.43. The monoisotopic (exact) mass is 740 g/mol. The van der Waals surface area contributed by atoms with E-state index in [0.29, 0.717) is 51.4 Å². The highest BCUT2D eigenvalue weighted by Crippen LogP contribution is 2.40. The van der Waals surface area contributed by atoms with Crippen LogP contribution < -0.4 is 10.7 Å². The fraction of sp³-hybridized carbons (Fsp3) is 0.581. The van der Waals surface area contributed by atoms with Gasteiger partial charge in [-0.25, -0.2) is 5.43 Å². The van der Waals surface area contributed by atoms with Crippen LogP contribution in [0.25, 0.3) is 22.0 Å². The number of hydrogen-bond donors (Lipinski definition) is 2. The molecular weight excluding hydrogens is 681 g/mol. The van der Waals surface area contributed by atoms with E-state index in [9.17, 15) is 14.4 Å². The third-order valence-electron chi connectivity index (χ3n) is 11.7. The number of aldehydes is 1. The maximum atomic E-state index is 14.3. The van der Waals surface area contributed by atoms with Gasteiger partial charge in [0, 0.05) is 68.4 Å². The van der Waals surface area contributed by atoms with Gasteiger partial charge in [0.25, 0.3) is 5.91 Å². The van der Waals surface area contributed by atoms with Crippen molar-refractivity contribution in [1.82, 2.24) is 25.2 Å². The topological polar surface area (TPSA) is 118 Å². The number of benzene rings is 1. The Morgan fingerprint density at radius 2 is 2.04 bits per heavy atom. The number of nitrogens with one attached hydrogen (secondary N) is 2. The molecule has 1 saturated heterocycles. The third-order valence-corrected chi connectivity index (χ3v) is 11.7. The average molecular weight is 741 g/mol. The Bertz CT molecular complexity index is 1860. The molecule has 1 aromatic carbocycles. The number of hydrazine groups is 1. The van der Waals surface area contributed by atoms with E-state index in [2.05, 4.69) is 78.8 Å². The molecule has 292 valence electrons. The minimum atomic E-state index is -1.06. The molecule has 6 rings (SSSR count). The Morgan fingerprint density at radius 3 is 2.70 bits per heavy atom. The van der Waals surface area contributed by atoms with Crippen molar-refractivity contribution >= 4 is 46.4 Å². The number of carbonyl (C=O) groups is 3. The maximum absolute atomic E-state index is 14.3. The summed E-state index contributed by atoms with van der Waals surface area (Å²) in [7, 11) is 1.70. The Hall–Kier alpha value is -3.90. The second-order valence-corrected chi connectivity index (χ2v) is 16.5. The molecule has 11 nitrogen and oxygen atoms in total. The van der Waals surface area contributed by atoms with Crippen LogP contribution in [0.3, 0.4) is 0 Å². The zero-order valence-corrected chi connectivity index (χ0v) is 33.4. The SMILES string of the molecule is C=C/C(=C(\N=CC)[C@H](C)OC)c1c2c3cc(ccc3n1CC)C1=CCCN(C1)C[C@H](NC(=O)[C@H]1C[C@@H]1C)C(=O)N1CCC[C@](C=O)(COCC(C)(C)C2)N1. The Balaban J connectivity index is 1.49. The zero-order chi connectivity index (χ0) is 38.8. The molecule has 0 radical (unpaired) electrons. The number of allylic oxidation sites excluding steroid dienone is 2. The second kappa shape index (κ2) is 16.5. The van der Waals surface area contributed by atoms with Gasteiger partial charge in [0.15, 0.2) is 0 Å². The van der Waals surface area contributed by atoms with E-state index in [0.717, 1.165) is 65.6 Å². The van der Waals surface area contributed by atoms with E-state index in [1.807, 2.05) is 19.9 Å². The van der Waals surface area contributed by atoms with E-state index >= 15 is 0 Å². The molecule has 4 aliphatic rings. The van der Waals surface area contributed by atoms with Crippen molar-refractivity contribution in [2.75, 3.05) is 46.5 Å². The van der Waals surface area contributed by atoms with Gasteiger partial charge < -0.3 is 24.2 Å². The molecule has 3 aliphatic heterocycles. The van der Waals surface area contributed by atoms with Crippen molar-refractivity contribution < 1.29 is 23.9 Å². The summed E-state index contributed by atoms with van der Waals surface area (Å²) in [5.41, 5.74) is 9.34. The lowest BCUT2D eigenvalue weighted by Crippen LogP contribution is -2.67. The molecule has 2 amide bonds. The molecular formula is C43H60N6O5. The summed E-state index contributed by atoms with van der Waals surface area (Å²) >= 11 is 0. The maximum Gasteiger partial charge on any atom is 0.260 e. The predicted molar refractivity (Wildman–Crippen MR) is 215 cm³/mol. The number of aryl methyl sites for hydroxylation is 1. The van der Waals surface area contributed by atoms with E-state index < -0.39 is 11.6 Å². The molecule has 1 aromatic heterocycles. The number of rotatable bonds is 9. The number of carbonyl (C=O) groups excluding carboxylic acids is 3. The van der Waals surface area contributed by atoms with Crippen LogP contribution in [-0.2, 0) is 36.8 Å². The van der Waals surface area contributed by atoms with Gasteiger partial charge in [0.2, 0.25) is 5.91 Å². The van der Waals surface area contributed by atoms with E-state index in [1.165, 1.54) is 11.1 Å². The van der Waals surface area contributed by atoms with Crippen LogP contribution in [-0.4, -0.2) is 103 Å². The van der Waals surface area contributed by atoms with E-state index in [4.69, 9.17) is 14.5 Å². The Labute approximate surface area is 320 Å². The third kappa shape index (κ3) is 8.20. The number of methoxy groups -OCH3 is 1. The van der Waals surface area contributed by atoms with E-state index in [-0.39, 0.29) is 35.9 Å². The largest absolute Gasteiger partial charge is 0.378 e. The van der Waals surface area contributed by atoms with Crippen LogP contribution >= 0.6 is 0 Å². The standard InChI is InChI=1S/C43H60N6O5/c1-9-32(38(44-10-2)29(5)53-8)39-35-22-42(6,7)26-54-27-43(25-50)17-13-19-49(46-43)41(52)36(45-40(51)33-20-28(33)4)24-47-18-12-14-31(23-47)30-15-16-37(34(35)21-30)48(39)11-3/h9-10,14-16,21,25,28-29,33,36,46H,1,11-13,17-20,22-24,26-27H2,2-8H3,(H,45,51)/b38-32+,44-10?/t28-,29-,33-,36-,43-/m0/s1. The quantitative estimate of drug-likeness (QED) is 0.196. The number of ether oxygens (including phenoxy) is 2. The summed E-state index contributed by atoms with van der Waals surface area (Å²) in [5, 5.41) is 5.84. The smallest absolute Gasteiger partial charge is 0.260 e. The molecule has 1 saturated carbocycles. The highest BCUT2D eigenvalue weighted by molar-refractivity contribution is 5.95. The molecule has 54 heavy (non-hydrogen) atoms. The number of fused-ring (bicyclic) bond motifs is 6. The predicted octanol–water partition coefficient (Wildman–Crippen LogP) is 5.58. The highest BCUT2D eigenvalue weighted by atomic mass is 16.5. The minimum Gasteiger partial charge on any atom is -0.378 e. The molecule has 2 N–H and O–H groups in total. The lowest BCUT2D eigenvalue weighted by atomic mass is 9.83. The summed E-state index contributed by atoms with van der Waals surface area (Å²) in [6, 6.07) is 5.99. The van der Waals surface area contributed by atoms with Gasteiger partial charge in [-0.2, -0.15) is 0 Å². The number of nitrogens with zero attached hydrogens (tertiary/aromatic N) is 4. The van der Waals surface area contributed by atoms with Crippen LogP contribution in [0.5, 0.6) is 0 Å². The van der Waals surface area contributed by atoms with Crippen molar-refractivity contribution in [3.63, 3.8) is 0 Å². The fourth-order valence-electron chi connectivity index (χ4n) is 8.54. The van der Waals surface area contributed by atoms with Crippen molar-refractivity contribution in [2.45, 2.75) is 97.9 Å². The van der Waals surface area contributed by atoms with Gasteiger partial charge in [-0.3, -0.25) is 24.5 Å². The van der Waals surface area contributed by atoms with Crippen LogP contribution in [0.1, 0.15) is 84.0 Å². The van der Waals surface area contributed by atoms with Gasteiger partial charge in [0.05, 0.1) is 30.7 Å². The first-order chi connectivity index (χ1) is 25.9. The molecule has 6 bridgehead atoms. The summed E-state index contributed by atoms with van der Waals surface area (Å²) in [6.07, 6.45) is 10.2. The van der Waals surface area contributed by atoms with Crippen LogP contribution in [0.4, 0.5) is 0 Å². The van der Waals surface area contributed by atoms with Gasteiger partial charge in [-0.1, -0.05) is 45.6 Å². The second-order valence-electron chi connectivity index (χ2n) is 16.5. The summed E-state index contributed by atoms with van der Waals surface area (Å²) in [4.78, 5) is 47.5. The normalized spacial score (nSPS) is 28.5. The molecule has 2 aromatic rings. The molecule has 4 heterocycles. The molecule has 1 unspecified atom stereocenters. The van der Waals surface area contributed by atoms with Gasteiger partial charge in [-0.05, 0) is 93.0 Å². The lowest BCUT2D eigenvalue weighted by molar-refractivity contribution is -0.147. The number of hydrogen-bond acceptors (Lipinski definition) is 8. The fourth-order valence-corrected chi connectivity index (χ4v) is 8.54. The zero-order valence-electron chi connectivity index (χ0n) is 33.4. The Morgan fingerprint density at radius 1 is 1.26 bits per heavy atom. The van der Waals surface area contributed by atoms with Crippen LogP contribution in [0.2, 0.25) is 0 Å². The number of aliphatic imine (C=N–C) groups is 1. The first-order valence-electron chi connectivity index (χ1n) is 19.8. The van der Waals surface area contributed by atoms with Crippen LogP contribution in [0, 0.1) is 17.3 Å². The van der Waals surface area contributed by atoms with Gasteiger partial charge in [-0.15, -0.1) is 0 Å². The summed E-state index contributed by atoms with van der Waals surface area (Å²) < 4.78 is 14.7. The first kappa shape index (κ1) is 39.8. The summed E-state index contributed by atoms with van der Waals surface area (Å²) in [5.74, 6) is -0.0468. The summed E-state index contributed by atoms with van der Waals surface area (Å²) in [6.45, 7) is 20.3. The number of amides is 2. The number of aromatic nitrogens is 1. The van der Waals surface area contributed by atoms with Crippen molar-refractivity contribution in [3.05, 3.63) is 59.4 Å². The molecule has 1 aliphatic carbocycles. The Kier molecular flexibility index (Phi) is 12.1. The lowest BCUT2D eigenvalue weighted by Gasteiger charge is -2.42. The molecule has 0 spiro atoms. The first-order valence-corrected chi connectivity index (χ1v) is 19.8. The molecule has 6 atom stereocenters. The molecule has 2 fully saturated rings.